The lowest BCUT2D eigenvalue weighted by atomic mass is 10.1. The number of unbranched alkanes of at least 4 members (excludes halogenated alkanes) is 1. The molecule has 0 radical (unpaired) electrons. The molecule has 126 valence electrons. The van der Waals surface area contributed by atoms with Crippen LogP contribution in [0.5, 0.6) is 0 Å². The quantitative estimate of drug-likeness (QED) is 0.778. The Morgan fingerprint density at radius 2 is 2.09 bits per heavy atom. The molecule has 2 N–H and O–H groups in total. The van der Waals surface area contributed by atoms with Crippen molar-refractivity contribution < 1.29 is 31.5 Å². The van der Waals surface area contributed by atoms with Gasteiger partial charge in [-0.25, -0.2) is 8.42 Å². The summed E-state index contributed by atoms with van der Waals surface area (Å²) in [4.78, 5) is 9.94. The highest BCUT2D eigenvalue weighted by Crippen LogP contribution is 2.32. The largest absolute Gasteiger partial charge is 0.480 e. The number of carboxylic acid groups (broad SMARTS) is 1. The summed E-state index contributed by atoms with van der Waals surface area (Å²) in [5, 5.41) is 12.1. The lowest BCUT2D eigenvalue weighted by molar-refractivity contribution is -0.143. The molecule has 0 aliphatic carbocycles. The number of rotatable bonds is 7. The van der Waals surface area contributed by atoms with E-state index in [9.17, 15) is 26.4 Å². The lowest BCUT2D eigenvalue weighted by Crippen LogP contribution is -2.41. The predicted molar refractivity (Wildman–Crippen MR) is 69.5 cm³/mol. The third-order valence-electron chi connectivity index (χ3n) is 2.80. The SMILES string of the molecule is CCCCC(NS(=O)(=O)c1cn(C)nc1C(F)(F)F)C(=O)O. The van der Waals surface area contributed by atoms with Crippen LogP contribution in [0.4, 0.5) is 13.2 Å². The third kappa shape index (κ3) is 4.44. The molecule has 1 aromatic rings. The summed E-state index contributed by atoms with van der Waals surface area (Å²) in [7, 11) is -3.52. The summed E-state index contributed by atoms with van der Waals surface area (Å²) < 4.78 is 65.0. The van der Waals surface area contributed by atoms with E-state index in [0.29, 0.717) is 23.7 Å². The van der Waals surface area contributed by atoms with E-state index in [2.05, 4.69) is 5.10 Å². The summed E-state index contributed by atoms with van der Waals surface area (Å²) in [6.07, 6.45) is -3.27. The van der Waals surface area contributed by atoms with Crippen LogP contribution in [-0.2, 0) is 28.0 Å². The Labute approximate surface area is 125 Å². The van der Waals surface area contributed by atoms with Gasteiger partial charge in [0, 0.05) is 13.2 Å². The van der Waals surface area contributed by atoms with Crippen LogP contribution in [0.3, 0.4) is 0 Å². The molecule has 0 amide bonds. The van der Waals surface area contributed by atoms with Crippen molar-refractivity contribution in [2.24, 2.45) is 7.05 Å². The molecule has 1 rings (SSSR count). The van der Waals surface area contributed by atoms with Crippen molar-refractivity contribution in [1.82, 2.24) is 14.5 Å². The maximum absolute atomic E-state index is 12.8. The Morgan fingerprint density at radius 1 is 1.50 bits per heavy atom. The average Bonchev–Trinajstić information content (AvgIpc) is 2.77. The fraction of sp³-hybridized carbons (Fsp3) is 0.636. The van der Waals surface area contributed by atoms with Gasteiger partial charge in [-0.1, -0.05) is 19.8 Å². The van der Waals surface area contributed by atoms with E-state index in [1.165, 1.54) is 0 Å². The van der Waals surface area contributed by atoms with Crippen molar-refractivity contribution in [3.8, 4) is 0 Å². The summed E-state index contributed by atoms with van der Waals surface area (Å²) >= 11 is 0. The molecule has 0 saturated carbocycles. The van der Waals surface area contributed by atoms with Crippen LogP contribution < -0.4 is 4.72 Å². The van der Waals surface area contributed by atoms with Crippen molar-refractivity contribution in [3.05, 3.63) is 11.9 Å². The first-order valence-electron chi connectivity index (χ1n) is 6.35. The van der Waals surface area contributed by atoms with E-state index in [1.807, 2.05) is 0 Å². The minimum absolute atomic E-state index is 0.0212. The number of hydrogen-bond donors (Lipinski definition) is 2. The fourth-order valence-electron chi connectivity index (χ4n) is 1.75. The number of hydrogen-bond acceptors (Lipinski definition) is 4. The van der Waals surface area contributed by atoms with Crippen LogP contribution >= 0.6 is 0 Å². The summed E-state index contributed by atoms with van der Waals surface area (Å²) in [5.74, 6) is -1.45. The van der Waals surface area contributed by atoms with Crippen LogP contribution in [0.1, 0.15) is 31.9 Å². The van der Waals surface area contributed by atoms with Gasteiger partial charge in [0.05, 0.1) is 0 Å². The number of aryl methyl sites for hydroxylation is 1. The van der Waals surface area contributed by atoms with E-state index in [4.69, 9.17) is 5.11 Å². The number of nitrogens with one attached hydrogen (secondary N) is 1. The summed E-state index contributed by atoms with van der Waals surface area (Å²) in [6.45, 7) is 1.77. The van der Waals surface area contributed by atoms with Gasteiger partial charge in [-0.2, -0.15) is 23.0 Å². The maximum atomic E-state index is 12.8. The first-order valence-corrected chi connectivity index (χ1v) is 7.83. The van der Waals surface area contributed by atoms with Gasteiger partial charge in [-0.15, -0.1) is 0 Å². The van der Waals surface area contributed by atoms with Crippen LogP contribution in [0.2, 0.25) is 0 Å². The molecule has 1 aromatic heterocycles. The van der Waals surface area contributed by atoms with Crippen molar-refractivity contribution in [2.45, 2.75) is 43.3 Å². The molecular formula is C11H16F3N3O4S. The Kier molecular flexibility index (Phi) is 5.57. The van der Waals surface area contributed by atoms with Gasteiger partial charge in [0.2, 0.25) is 10.0 Å². The van der Waals surface area contributed by atoms with Crippen LogP contribution in [0.15, 0.2) is 11.1 Å². The molecule has 1 heterocycles. The highest BCUT2D eigenvalue weighted by molar-refractivity contribution is 7.89. The molecule has 1 unspecified atom stereocenters. The number of aromatic nitrogens is 2. The van der Waals surface area contributed by atoms with Crippen molar-refractivity contribution in [2.75, 3.05) is 0 Å². The maximum Gasteiger partial charge on any atom is 0.436 e. The molecule has 0 aliphatic heterocycles. The first-order chi connectivity index (χ1) is 9.99. The molecule has 7 nitrogen and oxygen atoms in total. The zero-order valence-electron chi connectivity index (χ0n) is 11.9. The minimum Gasteiger partial charge on any atom is -0.480 e. The van der Waals surface area contributed by atoms with E-state index >= 15 is 0 Å². The van der Waals surface area contributed by atoms with E-state index in [1.54, 1.807) is 11.6 Å². The number of carboxylic acids is 1. The standard InChI is InChI=1S/C11H16F3N3O4S/c1-3-4-5-7(10(18)19)16-22(20,21)8-6-17(2)15-9(8)11(12,13)14/h6-7,16H,3-5H2,1-2H3,(H,18,19). The second kappa shape index (κ2) is 6.65. The lowest BCUT2D eigenvalue weighted by Gasteiger charge is -2.14. The number of aliphatic carboxylic acids is 1. The third-order valence-corrected chi connectivity index (χ3v) is 4.27. The smallest absolute Gasteiger partial charge is 0.436 e. The normalized spacial score (nSPS) is 14.0. The second-order valence-electron chi connectivity index (χ2n) is 4.67. The number of sulfonamides is 1. The molecule has 22 heavy (non-hydrogen) atoms. The molecule has 0 aromatic carbocycles. The molecule has 0 aliphatic rings. The minimum atomic E-state index is -4.96. The van der Waals surface area contributed by atoms with Crippen molar-refractivity contribution >= 4 is 16.0 Å². The average molecular weight is 343 g/mol. The van der Waals surface area contributed by atoms with Crippen molar-refractivity contribution in [1.29, 1.82) is 0 Å². The van der Waals surface area contributed by atoms with Gasteiger partial charge >= 0.3 is 12.1 Å². The van der Waals surface area contributed by atoms with Gasteiger partial charge < -0.3 is 5.11 Å². The molecule has 11 heteroatoms. The zero-order valence-corrected chi connectivity index (χ0v) is 12.7. The molecule has 0 saturated heterocycles. The Balaban J connectivity index is 3.16. The van der Waals surface area contributed by atoms with Crippen LogP contribution in [0, 0.1) is 0 Å². The summed E-state index contributed by atoms with van der Waals surface area (Å²) in [5.41, 5.74) is -1.58. The van der Waals surface area contributed by atoms with Crippen molar-refractivity contribution in [3.63, 3.8) is 0 Å². The second-order valence-corrected chi connectivity index (χ2v) is 6.35. The fourth-order valence-corrected chi connectivity index (χ4v) is 3.17. The van der Waals surface area contributed by atoms with Gasteiger partial charge in [-0.05, 0) is 6.42 Å². The van der Waals surface area contributed by atoms with E-state index < -0.39 is 38.8 Å². The molecule has 0 bridgehead atoms. The number of halogens is 3. The highest BCUT2D eigenvalue weighted by atomic mass is 32.2. The highest BCUT2D eigenvalue weighted by Gasteiger charge is 2.41. The monoisotopic (exact) mass is 343 g/mol. The van der Waals surface area contributed by atoms with E-state index in [-0.39, 0.29) is 6.42 Å². The van der Waals surface area contributed by atoms with Crippen LogP contribution in [-0.4, -0.2) is 35.3 Å². The predicted octanol–water partition coefficient (Wildman–Crippen LogP) is 1.36. The van der Waals surface area contributed by atoms with Gasteiger partial charge in [0.25, 0.3) is 0 Å². The molecule has 0 fully saturated rings. The molecular weight excluding hydrogens is 327 g/mol. The number of alkyl halides is 3. The Hall–Kier alpha value is -1.62. The Morgan fingerprint density at radius 3 is 2.55 bits per heavy atom. The Bertz CT molecular complexity index is 639. The first kappa shape index (κ1) is 18.4. The number of carbonyl (C=O) groups is 1. The van der Waals surface area contributed by atoms with Gasteiger partial charge in [0.1, 0.15) is 10.9 Å². The zero-order chi connectivity index (χ0) is 17.1. The van der Waals surface area contributed by atoms with E-state index in [0.717, 1.165) is 7.05 Å². The van der Waals surface area contributed by atoms with Gasteiger partial charge in [-0.3, -0.25) is 9.48 Å². The molecule has 1 atom stereocenters. The summed E-state index contributed by atoms with van der Waals surface area (Å²) in [6, 6.07) is -1.49. The topological polar surface area (TPSA) is 101 Å². The number of nitrogens with zero attached hydrogens (tertiary/aromatic N) is 2. The molecule has 0 spiro atoms. The van der Waals surface area contributed by atoms with Gasteiger partial charge in [0.15, 0.2) is 5.69 Å². The van der Waals surface area contributed by atoms with Crippen LogP contribution in [0.25, 0.3) is 0 Å².